The highest BCUT2D eigenvalue weighted by Crippen LogP contribution is 2.44. The van der Waals surface area contributed by atoms with Gasteiger partial charge in [0, 0.05) is 24.1 Å². The van der Waals surface area contributed by atoms with Crippen LogP contribution in [-0.2, 0) is 11.3 Å². The fourth-order valence-corrected chi connectivity index (χ4v) is 3.27. The minimum Gasteiger partial charge on any atom is -0.352 e. The van der Waals surface area contributed by atoms with Crippen LogP contribution in [-0.4, -0.2) is 11.9 Å². The van der Waals surface area contributed by atoms with Gasteiger partial charge in [-0.25, -0.2) is 4.39 Å². The Kier molecular flexibility index (Phi) is 4.67. The van der Waals surface area contributed by atoms with Crippen molar-refractivity contribution in [1.82, 2.24) is 5.32 Å². The molecule has 1 aromatic rings. The maximum Gasteiger partial charge on any atom is 0.223 e. The second-order valence-electron chi connectivity index (χ2n) is 6.71. The zero-order valence-electron chi connectivity index (χ0n) is 13.0. The van der Waals surface area contributed by atoms with Crippen LogP contribution in [0.1, 0.15) is 39.2 Å². The molecule has 1 aliphatic rings. The van der Waals surface area contributed by atoms with Gasteiger partial charge in [-0.15, -0.1) is 0 Å². The average Bonchev–Trinajstić information content (AvgIpc) is 2.44. The number of rotatable bonds is 3. The van der Waals surface area contributed by atoms with Gasteiger partial charge in [-0.3, -0.25) is 4.79 Å². The molecule has 4 heteroatoms. The molecule has 0 saturated heterocycles. The van der Waals surface area contributed by atoms with Crippen molar-refractivity contribution in [2.45, 2.75) is 46.2 Å². The summed E-state index contributed by atoms with van der Waals surface area (Å²) in [7, 11) is 0. The number of amides is 1. The van der Waals surface area contributed by atoms with Gasteiger partial charge in [-0.05, 0) is 30.2 Å². The molecule has 3 nitrogen and oxygen atoms in total. The van der Waals surface area contributed by atoms with E-state index in [1.54, 1.807) is 18.2 Å². The number of benzene rings is 1. The molecule has 1 fully saturated rings. The first kappa shape index (κ1) is 16.0. The summed E-state index contributed by atoms with van der Waals surface area (Å²) < 4.78 is 13.6. The lowest BCUT2D eigenvalue weighted by Crippen LogP contribution is -2.51. The molecule has 0 aromatic heterocycles. The summed E-state index contributed by atoms with van der Waals surface area (Å²) in [5.41, 5.74) is 6.50. The van der Waals surface area contributed by atoms with E-state index in [-0.39, 0.29) is 41.6 Å². The molecule has 3 atom stereocenters. The third-order valence-electron chi connectivity index (χ3n) is 5.23. The van der Waals surface area contributed by atoms with Crippen molar-refractivity contribution in [3.8, 4) is 0 Å². The number of nitrogens with one attached hydrogen (secondary N) is 1. The van der Waals surface area contributed by atoms with Gasteiger partial charge in [0.2, 0.25) is 5.91 Å². The molecule has 1 aromatic carbocycles. The van der Waals surface area contributed by atoms with Crippen LogP contribution >= 0.6 is 0 Å². The molecule has 0 heterocycles. The summed E-state index contributed by atoms with van der Waals surface area (Å²) >= 11 is 0. The Morgan fingerprint density at radius 3 is 2.71 bits per heavy atom. The summed E-state index contributed by atoms with van der Waals surface area (Å²) in [5.74, 6) is -0.0624. The Hall–Kier alpha value is -1.42. The second-order valence-corrected chi connectivity index (χ2v) is 6.71. The lowest BCUT2D eigenvalue weighted by Gasteiger charge is -2.46. The van der Waals surface area contributed by atoms with Crippen LogP contribution in [0, 0.1) is 23.1 Å². The van der Waals surface area contributed by atoms with Crippen LogP contribution in [0.5, 0.6) is 0 Å². The molecular formula is C17H25FN2O. The molecular weight excluding hydrogens is 267 g/mol. The molecule has 1 aliphatic carbocycles. The van der Waals surface area contributed by atoms with Crippen molar-refractivity contribution in [2.75, 3.05) is 0 Å². The third kappa shape index (κ3) is 3.26. The van der Waals surface area contributed by atoms with Gasteiger partial charge in [0.15, 0.2) is 0 Å². The molecule has 0 aliphatic heterocycles. The number of carbonyl (C=O) groups is 1. The van der Waals surface area contributed by atoms with E-state index >= 15 is 0 Å². The lowest BCUT2D eigenvalue weighted by molar-refractivity contribution is -0.132. The monoisotopic (exact) mass is 292 g/mol. The first-order valence-electron chi connectivity index (χ1n) is 7.60. The molecule has 3 unspecified atom stereocenters. The molecule has 1 amide bonds. The summed E-state index contributed by atoms with van der Waals surface area (Å²) in [6, 6.07) is 6.67. The molecule has 116 valence electrons. The Balaban J connectivity index is 2.02. The average molecular weight is 292 g/mol. The van der Waals surface area contributed by atoms with Crippen molar-refractivity contribution in [3.05, 3.63) is 35.6 Å². The van der Waals surface area contributed by atoms with E-state index in [0.717, 1.165) is 12.8 Å². The largest absolute Gasteiger partial charge is 0.352 e. The number of hydrogen-bond acceptors (Lipinski definition) is 2. The number of nitrogens with two attached hydrogens (primary N) is 1. The Bertz CT molecular complexity index is 515. The summed E-state index contributed by atoms with van der Waals surface area (Å²) in [6.07, 6.45) is 1.66. The predicted molar refractivity (Wildman–Crippen MR) is 81.9 cm³/mol. The van der Waals surface area contributed by atoms with Gasteiger partial charge in [0.05, 0.1) is 0 Å². The van der Waals surface area contributed by atoms with Crippen molar-refractivity contribution >= 4 is 5.91 Å². The molecule has 0 radical (unpaired) electrons. The second kappa shape index (κ2) is 6.14. The Morgan fingerprint density at radius 1 is 1.38 bits per heavy atom. The highest BCUT2D eigenvalue weighted by Gasteiger charge is 2.44. The zero-order chi connectivity index (χ0) is 15.6. The highest BCUT2D eigenvalue weighted by atomic mass is 19.1. The van der Waals surface area contributed by atoms with Crippen LogP contribution in [0.25, 0.3) is 0 Å². The van der Waals surface area contributed by atoms with E-state index in [1.165, 1.54) is 6.07 Å². The summed E-state index contributed by atoms with van der Waals surface area (Å²) in [6.45, 7) is 6.55. The summed E-state index contributed by atoms with van der Waals surface area (Å²) in [5, 5.41) is 2.88. The van der Waals surface area contributed by atoms with E-state index in [9.17, 15) is 9.18 Å². The van der Waals surface area contributed by atoms with Crippen LogP contribution < -0.4 is 11.1 Å². The number of hydrogen-bond donors (Lipinski definition) is 2. The van der Waals surface area contributed by atoms with E-state index in [0.29, 0.717) is 5.56 Å². The topological polar surface area (TPSA) is 55.1 Å². The molecule has 21 heavy (non-hydrogen) atoms. The van der Waals surface area contributed by atoms with Crippen LogP contribution in [0.4, 0.5) is 4.39 Å². The SMILES string of the molecule is CC1C(N)CCC(C(=O)NCc2ccccc2F)C1(C)C. The third-order valence-corrected chi connectivity index (χ3v) is 5.23. The van der Waals surface area contributed by atoms with Crippen molar-refractivity contribution in [2.24, 2.45) is 23.0 Å². The number of halogens is 1. The first-order chi connectivity index (χ1) is 9.84. The summed E-state index contributed by atoms with van der Waals surface area (Å²) in [4.78, 5) is 12.5. The zero-order valence-corrected chi connectivity index (χ0v) is 13.0. The fourth-order valence-electron chi connectivity index (χ4n) is 3.27. The fraction of sp³-hybridized carbons (Fsp3) is 0.588. The minimum atomic E-state index is -0.281. The van der Waals surface area contributed by atoms with Crippen LogP contribution in [0.3, 0.4) is 0 Å². The van der Waals surface area contributed by atoms with Crippen molar-refractivity contribution in [1.29, 1.82) is 0 Å². The van der Waals surface area contributed by atoms with E-state index in [4.69, 9.17) is 5.73 Å². The normalized spacial score (nSPS) is 28.1. The van der Waals surface area contributed by atoms with Crippen molar-refractivity contribution in [3.63, 3.8) is 0 Å². The van der Waals surface area contributed by atoms with Crippen molar-refractivity contribution < 1.29 is 9.18 Å². The van der Waals surface area contributed by atoms with E-state index in [1.807, 2.05) is 0 Å². The van der Waals surface area contributed by atoms with Gasteiger partial charge in [-0.2, -0.15) is 0 Å². The molecule has 0 spiro atoms. The molecule has 3 N–H and O–H groups in total. The maximum atomic E-state index is 13.6. The Morgan fingerprint density at radius 2 is 2.05 bits per heavy atom. The first-order valence-corrected chi connectivity index (χ1v) is 7.60. The highest BCUT2D eigenvalue weighted by molar-refractivity contribution is 5.79. The Labute approximate surface area is 126 Å². The van der Waals surface area contributed by atoms with Crippen LogP contribution in [0.2, 0.25) is 0 Å². The minimum absolute atomic E-state index is 0.00185. The quantitative estimate of drug-likeness (QED) is 0.900. The maximum absolute atomic E-state index is 13.6. The van der Waals surface area contributed by atoms with Gasteiger partial charge >= 0.3 is 0 Å². The standard InChI is InChI=1S/C17H25FN2O/c1-11-15(19)9-8-13(17(11,2)3)16(21)20-10-12-6-4-5-7-14(12)18/h4-7,11,13,15H,8-10,19H2,1-3H3,(H,20,21). The van der Waals surface area contributed by atoms with Gasteiger partial charge < -0.3 is 11.1 Å². The van der Waals surface area contributed by atoms with Gasteiger partial charge in [0.1, 0.15) is 5.82 Å². The number of carbonyl (C=O) groups excluding carboxylic acids is 1. The van der Waals surface area contributed by atoms with Crippen LogP contribution in [0.15, 0.2) is 24.3 Å². The molecule has 2 rings (SSSR count). The lowest BCUT2D eigenvalue weighted by atomic mass is 9.61. The molecule has 0 bridgehead atoms. The van der Waals surface area contributed by atoms with Gasteiger partial charge in [-0.1, -0.05) is 39.0 Å². The van der Waals surface area contributed by atoms with E-state index in [2.05, 4.69) is 26.1 Å². The smallest absolute Gasteiger partial charge is 0.223 e. The molecule has 1 saturated carbocycles. The predicted octanol–water partition coefficient (Wildman–Crippen LogP) is 2.84. The van der Waals surface area contributed by atoms with Gasteiger partial charge in [0.25, 0.3) is 0 Å². The van der Waals surface area contributed by atoms with E-state index < -0.39 is 0 Å².